The first-order chi connectivity index (χ1) is 5.83. The molecule has 0 radical (unpaired) electrons. The Bertz CT molecular complexity index is 266. The minimum Gasteiger partial charge on any atom is -0.452 e. The average molecular weight is 167 g/mol. The summed E-state index contributed by atoms with van der Waals surface area (Å²) in [4.78, 5) is 13.4. The average Bonchev–Trinajstić information content (AvgIpc) is 2.57. The van der Waals surface area contributed by atoms with Crippen molar-refractivity contribution in [2.75, 3.05) is 7.11 Å². The van der Waals surface area contributed by atoms with Gasteiger partial charge in [0.15, 0.2) is 0 Å². The summed E-state index contributed by atoms with van der Waals surface area (Å²) in [5.74, 6) is 0. The van der Waals surface area contributed by atoms with Gasteiger partial charge < -0.3 is 9.72 Å². The fourth-order valence-electron chi connectivity index (χ4n) is 0.625. The van der Waals surface area contributed by atoms with E-state index in [-0.39, 0.29) is 0 Å². The number of ether oxygens (including phenoxy) is 1. The van der Waals surface area contributed by atoms with Gasteiger partial charge in [0.05, 0.1) is 19.0 Å². The molecule has 0 unspecified atom stereocenters. The molecular weight excluding hydrogens is 158 g/mol. The van der Waals surface area contributed by atoms with Crippen LogP contribution in [0.15, 0.2) is 23.4 Å². The summed E-state index contributed by atoms with van der Waals surface area (Å²) in [7, 11) is 1.28. The predicted octanol–water partition coefficient (Wildman–Crippen LogP) is 0.705. The van der Waals surface area contributed by atoms with E-state index in [4.69, 9.17) is 0 Å². The van der Waals surface area contributed by atoms with Gasteiger partial charge in [0.2, 0.25) is 0 Å². The van der Waals surface area contributed by atoms with Gasteiger partial charge in [-0.1, -0.05) is 0 Å². The number of hydrogen-bond acceptors (Lipinski definition) is 3. The van der Waals surface area contributed by atoms with Crippen molar-refractivity contribution in [3.8, 4) is 0 Å². The van der Waals surface area contributed by atoms with Crippen LogP contribution in [-0.2, 0) is 4.74 Å². The van der Waals surface area contributed by atoms with Crippen LogP contribution in [0.25, 0.3) is 0 Å². The zero-order valence-corrected chi connectivity index (χ0v) is 6.57. The van der Waals surface area contributed by atoms with E-state index in [9.17, 15) is 4.79 Å². The maximum atomic E-state index is 10.5. The number of rotatable bonds is 2. The van der Waals surface area contributed by atoms with Crippen LogP contribution in [0.3, 0.4) is 0 Å². The second-order valence-corrected chi connectivity index (χ2v) is 1.99. The summed E-state index contributed by atoms with van der Waals surface area (Å²) in [6.07, 6.45) is 2.66. The molecule has 0 aliphatic rings. The highest BCUT2D eigenvalue weighted by Crippen LogP contribution is 1.87. The molecule has 5 heteroatoms. The summed E-state index contributed by atoms with van der Waals surface area (Å²) in [6.45, 7) is 0. The largest absolute Gasteiger partial charge is 0.452 e. The number of nitrogens with zero attached hydrogens (tertiary/aromatic N) is 1. The number of hydrazone groups is 1. The topological polar surface area (TPSA) is 66.5 Å². The number of methoxy groups -OCH3 is 1. The molecule has 1 amide bonds. The van der Waals surface area contributed by atoms with Crippen LogP contribution in [0.2, 0.25) is 0 Å². The monoisotopic (exact) mass is 167 g/mol. The van der Waals surface area contributed by atoms with Crippen LogP contribution in [0, 0.1) is 0 Å². The molecule has 1 heterocycles. The van der Waals surface area contributed by atoms with Crippen molar-refractivity contribution in [1.82, 2.24) is 10.4 Å². The van der Waals surface area contributed by atoms with Gasteiger partial charge in [-0.15, -0.1) is 0 Å². The van der Waals surface area contributed by atoms with Crippen molar-refractivity contribution in [3.63, 3.8) is 0 Å². The number of H-pyrrole nitrogens is 1. The summed E-state index contributed by atoms with van der Waals surface area (Å²) < 4.78 is 4.30. The van der Waals surface area contributed by atoms with Gasteiger partial charge in [-0.05, 0) is 12.1 Å². The van der Waals surface area contributed by atoms with Gasteiger partial charge in [-0.3, -0.25) is 0 Å². The lowest BCUT2D eigenvalue weighted by molar-refractivity contribution is 0.171. The quantitative estimate of drug-likeness (QED) is 0.503. The molecule has 0 atom stereocenters. The molecule has 0 aliphatic carbocycles. The van der Waals surface area contributed by atoms with Crippen LogP contribution in [-0.4, -0.2) is 24.4 Å². The molecule has 12 heavy (non-hydrogen) atoms. The number of carbonyl (C=O) groups is 1. The molecule has 0 spiro atoms. The molecule has 1 aromatic rings. The van der Waals surface area contributed by atoms with Gasteiger partial charge in [-0.25, -0.2) is 10.2 Å². The van der Waals surface area contributed by atoms with Crippen molar-refractivity contribution >= 4 is 12.3 Å². The third kappa shape index (κ3) is 2.45. The van der Waals surface area contributed by atoms with Crippen molar-refractivity contribution in [1.29, 1.82) is 0 Å². The van der Waals surface area contributed by atoms with Gasteiger partial charge in [0.25, 0.3) is 0 Å². The van der Waals surface area contributed by atoms with Crippen LogP contribution in [0.5, 0.6) is 0 Å². The van der Waals surface area contributed by atoms with Gasteiger partial charge in [0, 0.05) is 6.20 Å². The molecule has 0 saturated carbocycles. The Balaban J connectivity index is 2.37. The minimum absolute atomic E-state index is 0.585. The van der Waals surface area contributed by atoms with Crippen LogP contribution in [0.4, 0.5) is 4.79 Å². The normalized spacial score (nSPS) is 10.1. The Morgan fingerprint density at radius 2 is 2.67 bits per heavy atom. The molecule has 0 aliphatic heterocycles. The Kier molecular flexibility index (Phi) is 2.89. The highest BCUT2D eigenvalue weighted by Gasteiger charge is 1.92. The summed E-state index contributed by atoms with van der Waals surface area (Å²) in [5.41, 5.74) is 2.97. The molecule has 0 bridgehead atoms. The molecule has 5 nitrogen and oxygen atoms in total. The number of carbonyl (C=O) groups excluding carboxylic acids is 1. The SMILES string of the molecule is COC(=O)N/N=C/c1ccc[nH]1. The van der Waals surface area contributed by atoms with E-state index in [1.54, 1.807) is 6.20 Å². The standard InChI is InChI=1S/C7H9N3O2/c1-12-7(11)10-9-5-6-3-2-4-8-6/h2-5,8H,1H3,(H,10,11)/b9-5+. The smallest absolute Gasteiger partial charge is 0.427 e. The van der Waals surface area contributed by atoms with E-state index in [2.05, 4.69) is 20.2 Å². The Hall–Kier alpha value is -1.78. The Morgan fingerprint density at radius 3 is 3.25 bits per heavy atom. The molecular formula is C7H9N3O2. The maximum absolute atomic E-state index is 10.5. The fourth-order valence-corrected chi connectivity index (χ4v) is 0.625. The number of nitrogens with one attached hydrogen (secondary N) is 2. The van der Waals surface area contributed by atoms with Crippen molar-refractivity contribution in [2.45, 2.75) is 0 Å². The predicted molar refractivity (Wildman–Crippen MR) is 43.9 cm³/mol. The van der Waals surface area contributed by atoms with Crippen LogP contribution < -0.4 is 5.43 Å². The Morgan fingerprint density at radius 1 is 1.83 bits per heavy atom. The lowest BCUT2D eigenvalue weighted by Gasteiger charge is -1.93. The molecule has 0 saturated heterocycles. The Labute approximate surface area is 69.4 Å². The van der Waals surface area contributed by atoms with Crippen LogP contribution >= 0.6 is 0 Å². The first kappa shape index (κ1) is 8.32. The highest BCUT2D eigenvalue weighted by molar-refractivity contribution is 5.78. The van der Waals surface area contributed by atoms with E-state index >= 15 is 0 Å². The van der Waals surface area contributed by atoms with E-state index in [1.807, 2.05) is 12.1 Å². The lowest BCUT2D eigenvalue weighted by Crippen LogP contribution is -2.16. The van der Waals surface area contributed by atoms with Gasteiger partial charge in [-0.2, -0.15) is 5.10 Å². The van der Waals surface area contributed by atoms with E-state index in [1.165, 1.54) is 13.3 Å². The molecule has 0 aromatic carbocycles. The number of aromatic nitrogens is 1. The van der Waals surface area contributed by atoms with E-state index < -0.39 is 6.09 Å². The fraction of sp³-hybridized carbons (Fsp3) is 0.143. The van der Waals surface area contributed by atoms with Gasteiger partial charge in [0.1, 0.15) is 0 Å². The maximum Gasteiger partial charge on any atom is 0.427 e. The summed E-state index contributed by atoms with van der Waals surface area (Å²) >= 11 is 0. The second kappa shape index (κ2) is 4.17. The molecule has 0 fully saturated rings. The first-order valence-corrected chi connectivity index (χ1v) is 3.33. The first-order valence-electron chi connectivity index (χ1n) is 3.33. The number of amides is 1. The molecule has 1 rings (SSSR count). The lowest BCUT2D eigenvalue weighted by atomic mass is 10.5. The second-order valence-electron chi connectivity index (χ2n) is 1.99. The zero-order valence-electron chi connectivity index (χ0n) is 6.57. The third-order valence-electron chi connectivity index (χ3n) is 1.17. The zero-order chi connectivity index (χ0) is 8.81. The van der Waals surface area contributed by atoms with Gasteiger partial charge >= 0.3 is 6.09 Å². The van der Waals surface area contributed by atoms with Crippen molar-refractivity contribution < 1.29 is 9.53 Å². The van der Waals surface area contributed by atoms with Crippen LogP contribution in [0.1, 0.15) is 5.69 Å². The number of hydrogen-bond donors (Lipinski definition) is 2. The molecule has 64 valence electrons. The molecule has 1 aromatic heterocycles. The summed E-state index contributed by atoms with van der Waals surface area (Å²) in [6, 6.07) is 3.65. The van der Waals surface area contributed by atoms with Crippen molar-refractivity contribution in [2.24, 2.45) is 5.10 Å². The van der Waals surface area contributed by atoms with E-state index in [0.717, 1.165) is 5.69 Å². The molecule has 2 N–H and O–H groups in total. The highest BCUT2D eigenvalue weighted by atomic mass is 16.5. The number of aromatic amines is 1. The minimum atomic E-state index is -0.585. The van der Waals surface area contributed by atoms with Crippen molar-refractivity contribution in [3.05, 3.63) is 24.0 Å². The third-order valence-corrected chi connectivity index (χ3v) is 1.17. The van der Waals surface area contributed by atoms with E-state index in [0.29, 0.717) is 0 Å². The summed E-state index contributed by atoms with van der Waals surface area (Å²) in [5, 5.41) is 3.60.